The van der Waals surface area contributed by atoms with Crippen LogP contribution in [-0.4, -0.2) is 31.3 Å². The molecular formula is C15H24N2O2. The van der Waals surface area contributed by atoms with Gasteiger partial charge in [0.1, 0.15) is 0 Å². The van der Waals surface area contributed by atoms with Crippen molar-refractivity contribution in [2.24, 2.45) is 11.8 Å². The van der Waals surface area contributed by atoms with Crippen LogP contribution in [0.1, 0.15) is 25.8 Å². The summed E-state index contributed by atoms with van der Waals surface area (Å²) in [6.45, 7) is 8.59. The normalized spacial score (nSPS) is 19.0. The Kier molecular flexibility index (Phi) is 5.61. The summed E-state index contributed by atoms with van der Waals surface area (Å²) in [5.74, 6) is 1.92. The highest BCUT2D eigenvalue weighted by molar-refractivity contribution is 5.25. The standard InChI is InChI=1S/C15H24N2O2/c1-12(2)8-16-9-14-4-3-6-17-15(14)19-11-13-5-7-18-10-13/h3-4,6,12-13,16H,5,7-11H2,1-2H3. The van der Waals surface area contributed by atoms with Gasteiger partial charge in [-0.15, -0.1) is 0 Å². The minimum Gasteiger partial charge on any atom is -0.477 e. The molecule has 1 fully saturated rings. The SMILES string of the molecule is CC(C)CNCc1cccnc1OCC1CCOC1. The Labute approximate surface area is 115 Å². The smallest absolute Gasteiger partial charge is 0.217 e. The van der Waals surface area contributed by atoms with Gasteiger partial charge in [0.15, 0.2) is 0 Å². The number of hydrogen-bond donors (Lipinski definition) is 1. The minimum atomic E-state index is 0.512. The molecule has 1 saturated heterocycles. The number of aromatic nitrogens is 1. The van der Waals surface area contributed by atoms with Gasteiger partial charge in [-0.25, -0.2) is 4.98 Å². The molecule has 1 aromatic rings. The van der Waals surface area contributed by atoms with Crippen molar-refractivity contribution in [3.63, 3.8) is 0 Å². The fraction of sp³-hybridized carbons (Fsp3) is 0.667. The van der Waals surface area contributed by atoms with Gasteiger partial charge in [0.2, 0.25) is 5.88 Å². The first-order valence-corrected chi connectivity index (χ1v) is 7.11. The summed E-state index contributed by atoms with van der Waals surface area (Å²) in [7, 11) is 0. The predicted octanol–water partition coefficient (Wildman–Crippen LogP) is 2.24. The van der Waals surface area contributed by atoms with Crippen molar-refractivity contribution in [3.05, 3.63) is 23.9 Å². The van der Waals surface area contributed by atoms with Crippen molar-refractivity contribution in [3.8, 4) is 5.88 Å². The second kappa shape index (κ2) is 7.46. The molecule has 1 N–H and O–H groups in total. The Balaban J connectivity index is 1.84. The molecule has 0 amide bonds. The van der Waals surface area contributed by atoms with Crippen LogP contribution >= 0.6 is 0 Å². The molecule has 0 aliphatic carbocycles. The maximum atomic E-state index is 5.85. The van der Waals surface area contributed by atoms with Gasteiger partial charge in [-0.2, -0.15) is 0 Å². The molecule has 0 spiro atoms. The van der Waals surface area contributed by atoms with Gasteiger partial charge < -0.3 is 14.8 Å². The average molecular weight is 264 g/mol. The summed E-state index contributed by atoms with van der Waals surface area (Å²) in [4.78, 5) is 4.33. The van der Waals surface area contributed by atoms with Crippen molar-refractivity contribution < 1.29 is 9.47 Å². The predicted molar refractivity (Wildman–Crippen MR) is 75.2 cm³/mol. The lowest BCUT2D eigenvalue weighted by Gasteiger charge is -2.13. The zero-order valence-corrected chi connectivity index (χ0v) is 11.9. The van der Waals surface area contributed by atoms with Gasteiger partial charge in [-0.1, -0.05) is 19.9 Å². The molecule has 19 heavy (non-hydrogen) atoms. The molecule has 4 heteroatoms. The van der Waals surface area contributed by atoms with Crippen LogP contribution in [0.25, 0.3) is 0 Å². The van der Waals surface area contributed by atoms with Gasteiger partial charge in [0.05, 0.1) is 13.2 Å². The van der Waals surface area contributed by atoms with Gasteiger partial charge in [-0.05, 0) is 24.9 Å². The molecule has 0 bridgehead atoms. The zero-order valence-electron chi connectivity index (χ0n) is 11.9. The zero-order chi connectivity index (χ0) is 13.5. The third kappa shape index (κ3) is 4.80. The summed E-state index contributed by atoms with van der Waals surface area (Å²) >= 11 is 0. The first kappa shape index (κ1) is 14.3. The van der Waals surface area contributed by atoms with Crippen LogP contribution < -0.4 is 10.1 Å². The van der Waals surface area contributed by atoms with Crippen LogP contribution in [0.4, 0.5) is 0 Å². The van der Waals surface area contributed by atoms with Gasteiger partial charge in [0, 0.05) is 30.8 Å². The van der Waals surface area contributed by atoms with E-state index in [-0.39, 0.29) is 0 Å². The largest absolute Gasteiger partial charge is 0.477 e. The quantitative estimate of drug-likeness (QED) is 0.820. The highest BCUT2D eigenvalue weighted by atomic mass is 16.5. The molecular weight excluding hydrogens is 240 g/mol. The van der Waals surface area contributed by atoms with Crippen molar-refractivity contribution in [2.75, 3.05) is 26.4 Å². The van der Waals surface area contributed by atoms with Crippen molar-refractivity contribution >= 4 is 0 Å². The Morgan fingerprint density at radius 3 is 3.16 bits per heavy atom. The fourth-order valence-corrected chi connectivity index (χ4v) is 2.10. The summed E-state index contributed by atoms with van der Waals surface area (Å²) in [5, 5.41) is 3.42. The molecule has 1 unspecified atom stereocenters. The molecule has 1 atom stereocenters. The average Bonchev–Trinajstić information content (AvgIpc) is 2.90. The van der Waals surface area contributed by atoms with E-state index in [0.29, 0.717) is 18.4 Å². The number of nitrogens with one attached hydrogen (secondary N) is 1. The second-order valence-corrected chi connectivity index (χ2v) is 5.53. The molecule has 0 radical (unpaired) electrons. The highest BCUT2D eigenvalue weighted by Gasteiger charge is 2.17. The summed E-state index contributed by atoms with van der Waals surface area (Å²) < 4.78 is 11.2. The lowest BCUT2D eigenvalue weighted by Crippen LogP contribution is -2.20. The van der Waals surface area contributed by atoms with Crippen LogP contribution in [0.2, 0.25) is 0 Å². The number of hydrogen-bond acceptors (Lipinski definition) is 4. The summed E-state index contributed by atoms with van der Waals surface area (Å²) in [5.41, 5.74) is 1.13. The molecule has 2 heterocycles. The Bertz CT molecular complexity index is 376. The van der Waals surface area contributed by atoms with E-state index in [2.05, 4.69) is 30.2 Å². The second-order valence-electron chi connectivity index (χ2n) is 5.53. The molecule has 1 aliphatic heterocycles. The van der Waals surface area contributed by atoms with Crippen molar-refractivity contribution in [1.29, 1.82) is 0 Å². The van der Waals surface area contributed by atoms with Crippen LogP contribution in [0.3, 0.4) is 0 Å². The number of pyridine rings is 1. The fourth-order valence-electron chi connectivity index (χ4n) is 2.10. The van der Waals surface area contributed by atoms with E-state index in [0.717, 1.165) is 44.2 Å². The first-order valence-electron chi connectivity index (χ1n) is 7.11. The third-order valence-corrected chi connectivity index (χ3v) is 3.20. The minimum absolute atomic E-state index is 0.512. The van der Waals surface area contributed by atoms with E-state index in [4.69, 9.17) is 9.47 Å². The Morgan fingerprint density at radius 2 is 2.42 bits per heavy atom. The van der Waals surface area contributed by atoms with Crippen LogP contribution in [0, 0.1) is 11.8 Å². The first-order chi connectivity index (χ1) is 9.25. The Morgan fingerprint density at radius 1 is 1.53 bits per heavy atom. The lowest BCUT2D eigenvalue weighted by molar-refractivity contribution is 0.165. The number of rotatable bonds is 7. The molecule has 1 aromatic heterocycles. The lowest BCUT2D eigenvalue weighted by atomic mass is 10.1. The maximum Gasteiger partial charge on any atom is 0.217 e. The highest BCUT2D eigenvalue weighted by Crippen LogP contribution is 2.18. The van der Waals surface area contributed by atoms with E-state index in [9.17, 15) is 0 Å². The van der Waals surface area contributed by atoms with E-state index < -0.39 is 0 Å². The monoisotopic (exact) mass is 264 g/mol. The van der Waals surface area contributed by atoms with E-state index in [1.807, 2.05) is 6.07 Å². The molecule has 106 valence electrons. The van der Waals surface area contributed by atoms with E-state index in [1.165, 1.54) is 0 Å². The van der Waals surface area contributed by atoms with E-state index >= 15 is 0 Å². The van der Waals surface area contributed by atoms with Crippen LogP contribution in [0.15, 0.2) is 18.3 Å². The number of ether oxygens (including phenoxy) is 2. The topological polar surface area (TPSA) is 43.4 Å². The molecule has 0 aromatic carbocycles. The molecule has 1 aliphatic rings. The van der Waals surface area contributed by atoms with Crippen molar-refractivity contribution in [2.45, 2.75) is 26.8 Å². The Hall–Kier alpha value is -1.13. The molecule has 2 rings (SSSR count). The summed E-state index contributed by atoms with van der Waals surface area (Å²) in [6.07, 6.45) is 2.88. The summed E-state index contributed by atoms with van der Waals surface area (Å²) in [6, 6.07) is 4.03. The van der Waals surface area contributed by atoms with E-state index in [1.54, 1.807) is 6.20 Å². The van der Waals surface area contributed by atoms with Gasteiger partial charge in [0.25, 0.3) is 0 Å². The van der Waals surface area contributed by atoms with Crippen LogP contribution in [0.5, 0.6) is 5.88 Å². The number of nitrogens with zero attached hydrogens (tertiary/aromatic N) is 1. The van der Waals surface area contributed by atoms with Gasteiger partial charge in [-0.3, -0.25) is 0 Å². The molecule has 4 nitrogen and oxygen atoms in total. The molecule has 0 saturated carbocycles. The van der Waals surface area contributed by atoms with Crippen LogP contribution in [-0.2, 0) is 11.3 Å². The van der Waals surface area contributed by atoms with Gasteiger partial charge >= 0.3 is 0 Å². The maximum absolute atomic E-state index is 5.85. The third-order valence-electron chi connectivity index (χ3n) is 3.20. The van der Waals surface area contributed by atoms with Crippen molar-refractivity contribution in [1.82, 2.24) is 10.3 Å².